The highest BCUT2D eigenvalue weighted by atomic mass is 16.5. The fourth-order valence-electron chi connectivity index (χ4n) is 5.38. The van der Waals surface area contributed by atoms with Crippen molar-refractivity contribution in [2.45, 2.75) is 26.0 Å². The predicted molar refractivity (Wildman–Crippen MR) is 179 cm³/mol. The van der Waals surface area contributed by atoms with Crippen molar-refractivity contribution in [1.82, 2.24) is 9.80 Å². The summed E-state index contributed by atoms with van der Waals surface area (Å²) >= 11 is 0. The zero-order valence-corrected chi connectivity index (χ0v) is 26.3. The number of likely N-dealkylation sites (N-methyl/N-ethyl adjacent to an activating group) is 1. The minimum Gasteiger partial charge on any atom is -0.497 e. The Morgan fingerprint density at radius 3 is 2.46 bits per heavy atom. The summed E-state index contributed by atoms with van der Waals surface area (Å²) in [6, 6.07) is 24.1. The van der Waals surface area contributed by atoms with Gasteiger partial charge in [0.15, 0.2) is 0 Å². The van der Waals surface area contributed by atoms with E-state index in [1.54, 1.807) is 68.4 Å². The zero-order chi connectivity index (χ0) is 32.8. The molecule has 0 aromatic heterocycles. The first-order chi connectivity index (χ1) is 22.2. The Morgan fingerprint density at radius 1 is 1.00 bits per heavy atom. The number of rotatable bonds is 8. The quantitative estimate of drug-likeness (QED) is 0.194. The summed E-state index contributed by atoms with van der Waals surface area (Å²) in [5, 5.41) is 20.5. The van der Waals surface area contributed by atoms with Crippen molar-refractivity contribution in [2.24, 2.45) is 5.92 Å². The lowest BCUT2D eigenvalue weighted by Gasteiger charge is -2.38. The van der Waals surface area contributed by atoms with Crippen LogP contribution in [-0.2, 0) is 0 Å². The van der Waals surface area contributed by atoms with Crippen molar-refractivity contribution in [3.8, 4) is 11.5 Å². The molecule has 1 heterocycles. The summed E-state index contributed by atoms with van der Waals surface area (Å²) < 4.78 is 11.6. The highest BCUT2D eigenvalue weighted by molar-refractivity contribution is 6.07. The van der Waals surface area contributed by atoms with Gasteiger partial charge >= 0.3 is 12.1 Å². The second kappa shape index (κ2) is 14.2. The smallest absolute Gasteiger partial charge is 0.323 e. The molecule has 0 saturated heterocycles. The van der Waals surface area contributed by atoms with E-state index in [-0.39, 0.29) is 43.1 Å². The largest absolute Gasteiger partial charge is 0.497 e. The van der Waals surface area contributed by atoms with Gasteiger partial charge in [-0.2, -0.15) is 0 Å². The van der Waals surface area contributed by atoms with Crippen molar-refractivity contribution < 1.29 is 29.0 Å². The van der Waals surface area contributed by atoms with Crippen LogP contribution in [0.25, 0.3) is 10.8 Å². The molecule has 46 heavy (non-hydrogen) atoms. The van der Waals surface area contributed by atoms with Gasteiger partial charge in [0.1, 0.15) is 17.6 Å². The lowest BCUT2D eigenvalue weighted by Crippen LogP contribution is -2.50. The van der Waals surface area contributed by atoms with Gasteiger partial charge in [-0.25, -0.2) is 9.59 Å². The van der Waals surface area contributed by atoms with Gasteiger partial charge in [0.05, 0.1) is 37.6 Å². The van der Waals surface area contributed by atoms with Crippen LogP contribution in [0.3, 0.4) is 0 Å². The molecule has 0 fully saturated rings. The van der Waals surface area contributed by atoms with Crippen LogP contribution in [-0.4, -0.2) is 78.9 Å². The third-order valence-electron chi connectivity index (χ3n) is 8.10. The van der Waals surface area contributed by atoms with E-state index in [4.69, 9.17) is 9.47 Å². The van der Waals surface area contributed by atoms with E-state index in [1.165, 1.54) is 4.90 Å². The number of hydrogen-bond acceptors (Lipinski definition) is 6. The van der Waals surface area contributed by atoms with Crippen molar-refractivity contribution in [1.29, 1.82) is 0 Å². The van der Waals surface area contributed by atoms with Gasteiger partial charge in [0.25, 0.3) is 5.91 Å². The molecule has 0 bridgehead atoms. The van der Waals surface area contributed by atoms with Crippen LogP contribution in [0.15, 0.2) is 84.9 Å². The van der Waals surface area contributed by atoms with E-state index in [9.17, 15) is 19.5 Å². The normalized spacial score (nSPS) is 16.7. The summed E-state index contributed by atoms with van der Waals surface area (Å²) in [6.07, 6.45) is -0.486. The Bertz CT molecular complexity index is 1710. The molecule has 11 nitrogen and oxygen atoms in total. The number of urea groups is 2. The third-order valence-corrected chi connectivity index (χ3v) is 8.10. The summed E-state index contributed by atoms with van der Waals surface area (Å²) in [4.78, 5) is 43.0. The molecule has 240 valence electrons. The standard InChI is InChI=1S/C35H39N5O6/c1-22-19-40(23(2)21-41)33(42)29-18-26(36-34(43)38-30-11-7-9-24-8-5-6-10-28(24)30)14-17-31(29)46-32(22)20-39(3)35(44)37-25-12-15-27(45-4)16-13-25/h5-18,22-23,32,41H,19-21H2,1-4H3,(H,37,44)(H2,36,38,43)/t22-,23+,32+/m1/s1. The fraction of sp³-hybridized carbons (Fsp3) is 0.286. The molecule has 0 aliphatic carbocycles. The number of anilines is 3. The fourth-order valence-corrected chi connectivity index (χ4v) is 5.38. The highest BCUT2D eigenvalue weighted by Crippen LogP contribution is 2.31. The third kappa shape index (κ3) is 7.32. The second-order valence-electron chi connectivity index (χ2n) is 11.5. The molecule has 1 aliphatic rings. The number of benzene rings is 4. The zero-order valence-electron chi connectivity index (χ0n) is 26.3. The minimum absolute atomic E-state index is 0.188. The molecular weight excluding hydrogens is 586 g/mol. The highest BCUT2D eigenvalue weighted by Gasteiger charge is 2.34. The lowest BCUT2D eigenvalue weighted by atomic mass is 9.99. The molecule has 3 atom stereocenters. The molecule has 5 amide bonds. The van der Waals surface area contributed by atoms with Crippen molar-refractivity contribution in [3.63, 3.8) is 0 Å². The molecular formula is C35H39N5O6. The number of carbonyl (C=O) groups excluding carboxylic acids is 3. The van der Waals surface area contributed by atoms with Gasteiger partial charge in [-0.1, -0.05) is 43.3 Å². The van der Waals surface area contributed by atoms with Gasteiger partial charge in [-0.05, 0) is 60.8 Å². The average molecular weight is 626 g/mol. The van der Waals surface area contributed by atoms with Crippen LogP contribution in [0.5, 0.6) is 11.5 Å². The first-order valence-electron chi connectivity index (χ1n) is 15.1. The number of ether oxygens (including phenoxy) is 2. The summed E-state index contributed by atoms with van der Waals surface area (Å²) in [5.74, 6) is 0.486. The maximum Gasteiger partial charge on any atom is 0.323 e. The molecule has 4 aromatic carbocycles. The van der Waals surface area contributed by atoms with E-state index in [2.05, 4.69) is 16.0 Å². The topological polar surface area (TPSA) is 132 Å². The minimum atomic E-state index is -0.486. The first kappa shape index (κ1) is 32.1. The van der Waals surface area contributed by atoms with E-state index in [1.807, 2.05) is 49.4 Å². The Kier molecular flexibility index (Phi) is 9.92. The van der Waals surface area contributed by atoms with Crippen molar-refractivity contribution >= 4 is 45.8 Å². The lowest BCUT2D eigenvalue weighted by molar-refractivity contribution is 0.0371. The van der Waals surface area contributed by atoms with Crippen LogP contribution in [0.1, 0.15) is 24.2 Å². The molecule has 4 N–H and O–H groups in total. The van der Waals surface area contributed by atoms with E-state index >= 15 is 0 Å². The van der Waals surface area contributed by atoms with Gasteiger partial charge < -0.3 is 40.3 Å². The molecule has 0 spiro atoms. The van der Waals surface area contributed by atoms with Gasteiger partial charge in [0, 0.05) is 36.3 Å². The Morgan fingerprint density at radius 2 is 1.72 bits per heavy atom. The van der Waals surface area contributed by atoms with Crippen LogP contribution >= 0.6 is 0 Å². The summed E-state index contributed by atoms with van der Waals surface area (Å²) in [5.41, 5.74) is 1.91. The van der Waals surface area contributed by atoms with E-state index in [0.717, 1.165) is 10.8 Å². The van der Waals surface area contributed by atoms with Crippen LogP contribution in [0.4, 0.5) is 26.7 Å². The van der Waals surface area contributed by atoms with Crippen LogP contribution in [0, 0.1) is 5.92 Å². The van der Waals surface area contributed by atoms with Crippen LogP contribution < -0.4 is 25.4 Å². The molecule has 0 radical (unpaired) electrons. The SMILES string of the molecule is COc1ccc(NC(=O)N(C)C[C@@H]2Oc3ccc(NC(=O)Nc4cccc5ccccc45)cc3C(=O)N([C@@H](C)CO)C[C@H]2C)cc1. The number of nitrogens with one attached hydrogen (secondary N) is 3. The van der Waals surface area contributed by atoms with E-state index in [0.29, 0.717) is 28.6 Å². The number of hydrogen-bond donors (Lipinski definition) is 4. The maximum atomic E-state index is 13.8. The summed E-state index contributed by atoms with van der Waals surface area (Å²) in [7, 11) is 3.25. The Labute approximate surface area is 268 Å². The number of fused-ring (bicyclic) bond motifs is 2. The summed E-state index contributed by atoms with van der Waals surface area (Å²) in [6.45, 7) is 4.01. The number of methoxy groups -OCH3 is 1. The predicted octanol–water partition coefficient (Wildman–Crippen LogP) is 5.88. The molecule has 11 heteroatoms. The van der Waals surface area contributed by atoms with E-state index < -0.39 is 18.2 Å². The molecule has 0 unspecified atom stereocenters. The number of carbonyl (C=O) groups is 3. The molecule has 5 rings (SSSR count). The maximum absolute atomic E-state index is 13.8. The Hall–Kier alpha value is -5.29. The number of amides is 5. The monoisotopic (exact) mass is 625 g/mol. The number of nitrogens with zero attached hydrogens (tertiary/aromatic N) is 2. The van der Waals surface area contributed by atoms with Crippen LogP contribution in [0.2, 0.25) is 0 Å². The second-order valence-corrected chi connectivity index (χ2v) is 11.5. The van der Waals surface area contributed by atoms with Gasteiger partial charge in [-0.15, -0.1) is 0 Å². The first-order valence-corrected chi connectivity index (χ1v) is 15.1. The van der Waals surface area contributed by atoms with Gasteiger partial charge in [-0.3, -0.25) is 4.79 Å². The number of aliphatic hydroxyl groups excluding tert-OH is 1. The van der Waals surface area contributed by atoms with Gasteiger partial charge in [0.2, 0.25) is 0 Å². The van der Waals surface area contributed by atoms with Crippen molar-refractivity contribution in [3.05, 3.63) is 90.5 Å². The van der Waals surface area contributed by atoms with Crippen molar-refractivity contribution in [2.75, 3.05) is 49.8 Å². The Balaban J connectivity index is 1.35. The molecule has 1 aliphatic heterocycles. The average Bonchev–Trinajstić information content (AvgIpc) is 3.06. The number of aliphatic hydroxyl groups is 1. The molecule has 0 saturated carbocycles. The molecule has 4 aromatic rings.